The number of phenols is 1. The van der Waals surface area contributed by atoms with Gasteiger partial charge in [0.25, 0.3) is 0 Å². The quantitative estimate of drug-likeness (QED) is 0.571. The third-order valence-corrected chi connectivity index (χ3v) is 1.66. The van der Waals surface area contributed by atoms with Crippen molar-refractivity contribution in [3.8, 4) is 5.75 Å². The summed E-state index contributed by atoms with van der Waals surface area (Å²) in [7, 11) is 0. The Morgan fingerprint density at radius 2 is 1.73 bits per heavy atom. The second-order valence-electron chi connectivity index (χ2n) is 2.70. The SMILES string of the molecule is [C-]#[N+]C(=CC=Cc1ccc(O)cc1)[N+]#[C-]. The number of rotatable bonds is 2. The van der Waals surface area contributed by atoms with Crippen molar-refractivity contribution in [3.05, 3.63) is 70.6 Å². The standard InChI is InChI=1S/C12H8N2O/c1-13-12(14-2)5-3-4-10-6-8-11(15)9-7-10/h3-9,15H. The highest BCUT2D eigenvalue weighted by Gasteiger charge is 1.96. The Balaban J connectivity index is 2.76. The van der Waals surface area contributed by atoms with Gasteiger partial charge in [0.2, 0.25) is 0 Å². The zero-order valence-electron chi connectivity index (χ0n) is 7.88. The fourth-order valence-corrected chi connectivity index (χ4v) is 0.930. The molecule has 15 heavy (non-hydrogen) atoms. The molecule has 0 saturated carbocycles. The highest BCUT2D eigenvalue weighted by atomic mass is 16.3. The van der Waals surface area contributed by atoms with Crippen molar-refractivity contribution in [1.82, 2.24) is 0 Å². The van der Waals surface area contributed by atoms with Crippen LogP contribution in [0, 0.1) is 13.1 Å². The minimum absolute atomic E-state index is 0.0324. The Labute approximate surface area is 88.2 Å². The number of allylic oxidation sites excluding steroid dienone is 2. The third kappa shape index (κ3) is 3.38. The first kappa shape index (κ1) is 10.6. The Kier molecular flexibility index (Phi) is 3.70. The van der Waals surface area contributed by atoms with E-state index in [1.807, 2.05) is 0 Å². The van der Waals surface area contributed by atoms with Gasteiger partial charge in [0.05, 0.1) is 0 Å². The van der Waals surface area contributed by atoms with Crippen molar-refractivity contribution in [2.75, 3.05) is 0 Å². The number of benzene rings is 1. The van der Waals surface area contributed by atoms with Crippen molar-refractivity contribution >= 4 is 6.08 Å². The molecule has 0 saturated heterocycles. The van der Waals surface area contributed by atoms with Crippen LogP contribution in [0.3, 0.4) is 0 Å². The number of nitrogens with zero attached hydrogens (tertiary/aromatic N) is 2. The van der Waals surface area contributed by atoms with E-state index in [0.29, 0.717) is 0 Å². The smallest absolute Gasteiger partial charge is 0.508 e. The molecule has 0 amide bonds. The Morgan fingerprint density at radius 1 is 1.13 bits per heavy atom. The van der Waals surface area contributed by atoms with Gasteiger partial charge in [0.15, 0.2) is 0 Å². The van der Waals surface area contributed by atoms with Crippen LogP contribution in [-0.4, -0.2) is 5.11 Å². The fraction of sp³-hybridized carbons (Fsp3) is 0. The van der Waals surface area contributed by atoms with Gasteiger partial charge in [-0.25, -0.2) is 0 Å². The molecule has 1 N–H and O–H groups in total. The molecule has 0 aliphatic heterocycles. The van der Waals surface area contributed by atoms with Gasteiger partial charge in [0, 0.05) is 6.08 Å². The van der Waals surface area contributed by atoms with E-state index in [9.17, 15) is 0 Å². The molecule has 0 fully saturated rings. The van der Waals surface area contributed by atoms with Gasteiger partial charge in [-0.05, 0) is 17.7 Å². The summed E-state index contributed by atoms with van der Waals surface area (Å²) in [6.07, 6.45) is 4.85. The van der Waals surface area contributed by atoms with Crippen molar-refractivity contribution in [3.63, 3.8) is 0 Å². The van der Waals surface area contributed by atoms with Crippen LogP contribution in [0.15, 0.2) is 42.2 Å². The van der Waals surface area contributed by atoms with Crippen LogP contribution in [0.4, 0.5) is 0 Å². The summed E-state index contributed by atoms with van der Waals surface area (Å²) in [5.74, 6) is 0.246. The van der Waals surface area contributed by atoms with E-state index in [4.69, 9.17) is 18.3 Å². The van der Waals surface area contributed by atoms with Crippen LogP contribution in [-0.2, 0) is 0 Å². The maximum Gasteiger partial charge on any atom is 0.519 e. The molecule has 0 radical (unpaired) electrons. The van der Waals surface area contributed by atoms with Crippen LogP contribution in [0.2, 0.25) is 0 Å². The van der Waals surface area contributed by atoms with Gasteiger partial charge >= 0.3 is 5.82 Å². The molecule has 1 rings (SSSR count). The average Bonchev–Trinajstić information content (AvgIpc) is 2.27. The Bertz CT molecular complexity index is 454. The van der Waals surface area contributed by atoms with E-state index in [1.165, 1.54) is 6.08 Å². The molecule has 0 spiro atoms. The number of aromatic hydroxyl groups is 1. The highest BCUT2D eigenvalue weighted by molar-refractivity contribution is 5.52. The fourth-order valence-electron chi connectivity index (χ4n) is 0.930. The summed E-state index contributed by atoms with van der Waals surface area (Å²) >= 11 is 0. The molecule has 0 aromatic heterocycles. The number of hydrogen-bond acceptors (Lipinski definition) is 1. The molecule has 3 heteroatoms. The predicted octanol–water partition coefficient (Wildman–Crippen LogP) is 3.09. The molecule has 0 bridgehead atoms. The van der Waals surface area contributed by atoms with E-state index in [-0.39, 0.29) is 11.6 Å². The first-order valence-corrected chi connectivity index (χ1v) is 4.18. The Morgan fingerprint density at radius 3 is 2.27 bits per heavy atom. The van der Waals surface area contributed by atoms with Gasteiger partial charge in [-0.2, -0.15) is 9.69 Å². The minimum Gasteiger partial charge on any atom is -0.508 e. The normalized spacial score (nSPS) is 9.20. The van der Waals surface area contributed by atoms with Crippen LogP contribution < -0.4 is 0 Å². The predicted molar refractivity (Wildman–Crippen MR) is 58.4 cm³/mol. The summed E-state index contributed by atoms with van der Waals surface area (Å²) < 4.78 is 0. The molecule has 0 unspecified atom stereocenters. The molecule has 3 nitrogen and oxygen atoms in total. The maximum atomic E-state index is 9.03. The van der Waals surface area contributed by atoms with Crippen molar-refractivity contribution in [1.29, 1.82) is 0 Å². The summed E-state index contributed by atoms with van der Waals surface area (Å²) in [5.41, 5.74) is 0.901. The van der Waals surface area contributed by atoms with Gasteiger partial charge < -0.3 is 5.11 Å². The second kappa shape index (κ2) is 5.26. The van der Waals surface area contributed by atoms with E-state index >= 15 is 0 Å². The molecule has 0 aliphatic rings. The van der Waals surface area contributed by atoms with Crippen LogP contribution >= 0.6 is 0 Å². The van der Waals surface area contributed by atoms with Gasteiger partial charge in [-0.3, -0.25) is 0 Å². The minimum atomic E-state index is 0.0324. The lowest BCUT2D eigenvalue weighted by Gasteiger charge is -1.91. The van der Waals surface area contributed by atoms with Crippen molar-refractivity contribution < 1.29 is 5.11 Å². The van der Waals surface area contributed by atoms with E-state index in [1.54, 1.807) is 36.4 Å². The van der Waals surface area contributed by atoms with Gasteiger partial charge in [-0.1, -0.05) is 24.3 Å². The summed E-state index contributed by atoms with van der Waals surface area (Å²) in [4.78, 5) is 6.04. The lowest BCUT2D eigenvalue weighted by atomic mass is 10.2. The maximum absolute atomic E-state index is 9.03. The van der Waals surface area contributed by atoms with Crippen LogP contribution in [0.1, 0.15) is 5.56 Å². The van der Waals surface area contributed by atoms with E-state index < -0.39 is 0 Å². The summed E-state index contributed by atoms with van der Waals surface area (Å²) in [5, 5.41) is 9.03. The first-order chi connectivity index (χ1) is 7.26. The molecular weight excluding hydrogens is 188 g/mol. The van der Waals surface area contributed by atoms with E-state index in [2.05, 4.69) is 9.69 Å². The number of phenolic OH excluding ortho intramolecular Hbond substituents is 1. The Hall–Kier alpha value is -2.52. The molecule has 0 atom stereocenters. The molecule has 72 valence electrons. The first-order valence-electron chi connectivity index (χ1n) is 4.18. The average molecular weight is 196 g/mol. The number of hydrogen-bond donors (Lipinski definition) is 1. The van der Waals surface area contributed by atoms with Gasteiger partial charge in [0.1, 0.15) is 18.9 Å². The molecule has 0 aliphatic carbocycles. The lowest BCUT2D eigenvalue weighted by molar-refractivity contribution is 0.475. The summed E-state index contributed by atoms with van der Waals surface area (Å²) in [6.45, 7) is 13.3. The van der Waals surface area contributed by atoms with Gasteiger partial charge in [-0.15, -0.1) is 0 Å². The highest BCUT2D eigenvalue weighted by Crippen LogP contribution is 2.11. The lowest BCUT2D eigenvalue weighted by Crippen LogP contribution is -1.69. The molecular formula is C12H8N2O. The van der Waals surface area contributed by atoms with E-state index in [0.717, 1.165) is 5.56 Å². The van der Waals surface area contributed by atoms with Crippen LogP contribution in [0.5, 0.6) is 5.75 Å². The third-order valence-electron chi connectivity index (χ3n) is 1.66. The topological polar surface area (TPSA) is 28.9 Å². The van der Waals surface area contributed by atoms with Crippen molar-refractivity contribution in [2.45, 2.75) is 0 Å². The largest absolute Gasteiger partial charge is 0.519 e. The second-order valence-corrected chi connectivity index (χ2v) is 2.70. The van der Waals surface area contributed by atoms with Crippen molar-refractivity contribution in [2.24, 2.45) is 0 Å². The van der Waals surface area contributed by atoms with Crippen LogP contribution in [0.25, 0.3) is 15.8 Å². The molecule has 1 aromatic rings. The zero-order valence-corrected chi connectivity index (χ0v) is 7.88. The molecule has 1 aromatic carbocycles. The summed E-state index contributed by atoms with van der Waals surface area (Å²) in [6, 6.07) is 6.64. The monoisotopic (exact) mass is 196 g/mol. The zero-order chi connectivity index (χ0) is 11.1. The molecule has 0 heterocycles.